The van der Waals surface area contributed by atoms with Crippen molar-refractivity contribution in [1.82, 2.24) is 14.9 Å². The number of hydrogen-bond acceptors (Lipinski definition) is 3. The van der Waals surface area contributed by atoms with Crippen LogP contribution < -0.4 is 0 Å². The Morgan fingerprint density at radius 3 is 2.96 bits per heavy atom. The number of benzene rings is 1. The fraction of sp³-hybridized carbons (Fsp3) is 0.500. The Bertz CT molecular complexity index is 655. The van der Waals surface area contributed by atoms with Gasteiger partial charge in [-0.2, -0.15) is 0 Å². The first-order valence-electron chi connectivity index (χ1n) is 8.27. The summed E-state index contributed by atoms with van der Waals surface area (Å²) in [7, 11) is 0. The zero-order valence-corrected chi connectivity index (χ0v) is 14.6. The Morgan fingerprint density at radius 1 is 1.39 bits per heavy atom. The summed E-state index contributed by atoms with van der Waals surface area (Å²) in [5.74, 6) is 1.07. The molecule has 1 unspecified atom stereocenters. The molecule has 1 saturated heterocycles. The van der Waals surface area contributed by atoms with Gasteiger partial charge < -0.3 is 9.72 Å². The predicted octanol–water partition coefficient (Wildman–Crippen LogP) is 3.38. The van der Waals surface area contributed by atoms with Gasteiger partial charge in [0.1, 0.15) is 5.82 Å². The lowest BCUT2D eigenvalue weighted by Crippen LogP contribution is -2.43. The zero-order valence-electron chi connectivity index (χ0n) is 13.8. The van der Waals surface area contributed by atoms with Crippen molar-refractivity contribution in [3.05, 3.63) is 52.1 Å². The van der Waals surface area contributed by atoms with Gasteiger partial charge in [-0.3, -0.25) is 4.90 Å². The first-order chi connectivity index (χ1) is 11.2. The predicted molar refractivity (Wildman–Crippen MR) is 92.9 cm³/mol. The number of imidazole rings is 1. The standard InChI is InChI=1S/C18H24ClN3O/c1-3-18-20-13(2)17(21-18)12-22-8-9-23-15(11-22)10-14-6-4-5-7-16(14)19/h4-7,15H,3,8-12H2,1-2H3,(H,20,21). The van der Waals surface area contributed by atoms with E-state index in [1.165, 1.54) is 5.69 Å². The molecule has 1 aromatic heterocycles. The third-order valence-corrected chi connectivity index (χ3v) is 4.74. The number of ether oxygens (including phenoxy) is 1. The van der Waals surface area contributed by atoms with Gasteiger partial charge in [-0.1, -0.05) is 36.7 Å². The second-order valence-corrected chi connectivity index (χ2v) is 6.54. The van der Waals surface area contributed by atoms with Crippen molar-refractivity contribution < 1.29 is 4.74 Å². The first kappa shape index (κ1) is 16.5. The van der Waals surface area contributed by atoms with Gasteiger partial charge in [0.15, 0.2) is 0 Å². The molecule has 0 amide bonds. The summed E-state index contributed by atoms with van der Waals surface area (Å²) in [5, 5.41) is 0.823. The molecule has 0 bridgehead atoms. The normalized spacial score (nSPS) is 19.2. The summed E-state index contributed by atoms with van der Waals surface area (Å²) < 4.78 is 5.93. The molecule has 23 heavy (non-hydrogen) atoms. The number of rotatable bonds is 5. The maximum absolute atomic E-state index is 6.27. The van der Waals surface area contributed by atoms with E-state index in [9.17, 15) is 0 Å². The van der Waals surface area contributed by atoms with Crippen LogP contribution in [0.1, 0.15) is 29.7 Å². The molecule has 1 N–H and O–H groups in total. The van der Waals surface area contributed by atoms with E-state index in [2.05, 4.69) is 34.8 Å². The molecule has 0 radical (unpaired) electrons. The third-order valence-electron chi connectivity index (χ3n) is 4.37. The maximum atomic E-state index is 6.27. The van der Waals surface area contributed by atoms with Crippen LogP contribution in [-0.2, 0) is 24.1 Å². The minimum absolute atomic E-state index is 0.188. The van der Waals surface area contributed by atoms with Gasteiger partial charge in [0.25, 0.3) is 0 Å². The largest absolute Gasteiger partial charge is 0.375 e. The maximum Gasteiger partial charge on any atom is 0.106 e. The van der Waals surface area contributed by atoms with Crippen molar-refractivity contribution in [2.45, 2.75) is 39.3 Å². The molecule has 0 spiro atoms. The minimum atomic E-state index is 0.188. The van der Waals surface area contributed by atoms with Crippen LogP contribution in [-0.4, -0.2) is 40.7 Å². The van der Waals surface area contributed by atoms with Crippen LogP contribution in [0.15, 0.2) is 24.3 Å². The molecule has 1 aliphatic rings. The summed E-state index contributed by atoms with van der Waals surface area (Å²) in [6.07, 6.45) is 1.99. The zero-order chi connectivity index (χ0) is 16.2. The highest BCUT2D eigenvalue weighted by Gasteiger charge is 2.22. The highest BCUT2D eigenvalue weighted by molar-refractivity contribution is 6.31. The minimum Gasteiger partial charge on any atom is -0.375 e. The van der Waals surface area contributed by atoms with Crippen molar-refractivity contribution in [2.75, 3.05) is 19.7 Å². The van der Waals surface area contributed by atoms with E-state index in [0.29, 0.717) is 0 Å². The van der Waals surface area contributed by atoms with Crippen LogP contribution in [0, 0.1) is 6.92 Å². The van der Waals surface area contributed by atoms with E-state index in [0.717, 1.165) is 61.2 Å². The molecule has 2 aromatic rings. The monoisotopic (exact) mass is 333 g/mol. The molecule has 1 aromatic carbocycles. The summed E-state index contributed by atoms with van der Waals surface area (Å²) in [5.41, 5.74) is 3.49. The van der Waals surface area contributed by atoms with E-state index in [1.54, 1.807) is 0 Å². The number of aromatic nitrogens is 2. The molecule has 1 aliphatic heterocycles. The fourth-order valence-electron chi connectivity index (χ4n) is 3.05. The van der Waals surface area contributed by atoms with E-state index < -0.39 is 0 Å². The number of H-pyrrole nitrogens is 1. The molecule has 4 nitrogen and oxygen atoms in total. The van der Waals surface area contributed by atoms with Crippen molar-refractivity contribution in [1.29, 1.82) is 0 Å². The van der Waals surface area contributed by atoms with Crippen LogP contribution in [0.5, 0.6) is 0 Å². The average Bonchev–Trinajstić information content (AvgIpc) is 2.90. The number of nitrogens with zero attached hydrogens (tertiary/aromatic N) is 2. The molecular formula is C18H24ClN3O. The smallest absolute Gasteiger partial charge is 0.106 e. The number of hydrogen-bond donors (Lipinski definition) is 1. The second-order valence-electron chi connectivity index (χ2n) is 6.13. The summed E-state index contributed by atoms with van der Waals surface area (Å²) in [6.45, 7) is 7.73. The second kappa shape index (κ2) is 7.47. The van der Waals surface area contributed by atoms with Crippen LogP contribution in [0.2, 0.25) is 5.02 Å². The van der Waals surface area contributed by atoms with Crippen molar-refractivity contribution in [2.24, 2.45) is 0 Å². The molecule has 0 saturated carbocycles. The topological polar surface area (TPSA) is 41.2 Å². The molecule has 5 heteroatoms. The van der Waals surface area contributed by atoms with Gasteiger partial charge in [-0.25, -0.2) is 4.98 Å². The molecule has 0 aliphatic carbocycles. The highest BCUT2D eigenvalue weighted by Crippen LogP contribution is 2.20. The number of nitrogens with one attached hydrogen (secondary N) is 1. The molecule has 2 heterocycles. The Balaban J connectivity index is 1.62. The summed E-state index contributed by atoms with van der Waals surface area (Å²) in [6, 6.07) is 8.01. The molecule has 1 atom stereocenters. The van der Waals surface area contributed by atoms with Crippen LogP contribution in [0.3, 0.4) is 0 Å². The fourth-order valence-corrected chi connectivity index (χ4v) is 3.27. The number of aryl methyl sites for hydroxylation is 2. The van der Waals surface area contributed by atoms with E-state index in [-0.39, 0.29) is 6.10 Å². The van der Waals surface area contributed by atoms with Gasteiger partial charge in [0.05, 0.1) is 18.4 Å². The van der Waals surface area contributed by atoms with E-state index >= 15 is 0 Å². The van der Waals surface area contributed by atoms with Gasteiger partial charge >= 0.3 is 0 Å². The lowest BCUT2D eigenvalue weighted by atomic mass is 10.1. The van der Waals surface area contributed by atoms with E-state index in [1.807, 2.05) is 18.2 Å². The Kier molecular flexibility index (Phi) is 5.36. The Hall–Kier alpha value is -1.36. The van der Waals surface area contributed by atoms with Crippen molar-refractivity contribution in [3.8, 4) is 0 Å². The molecular weight excluding hydrogens is 310 g/mol. The van der Waals surface area contributed by atoms with E-state index in [4.69, 9.17) is 16.3 Å². The number of halogens is 1. The molecule has 124 valence electrons. The van der Waals surface area contributed by atoms with Gasteiger partial charge in [-0.05, 0) is 18.6 Å². The van der Waals surface area contributed by atoms with Crippen LogP contribution in [0.25, 0.3) is 0 Å². The molecule has 1 fully saturated rings. The lowest BCUT2D eigenvalue weighted by Gasteiger charge is -2.32. The van der Waals surface area contributed by atoms with Gasteiger partial charge in [0, 0.05) is 43.2 Å². The Labute approximate surface area is 142 Å². The van der Waals surface area contributed by atoms with Crippen LogP contribution >= 0.6 is 11.6 Å². The third kappa shape index (κ3) is 4.14. The summed E-state index contributed by atoms with van der Waals surface area (Å²) >= 11 is 6.27. The SMILES string of the molecule is CCc1nc(CN2CCOC(Cc3ccccc3Cl)C2)c(C)[nH]1. The molecule has 3 rings (SSSR count). The van der Waals surface area contributed by atoms with Gasteiger partial charge in [-0.15, -0.1) is 0 Å². The quantitative estimate of drug-likeness (QED) is 0.912. The highest BCUT2D eigenvalue weighted by atomic mass is 35.5. The van der Waals surface area contributed by atoms with Crippen molar-refractivity contribution in [3.63, 3.8) is 0 Å². The summed E-state index contributed by atoms with van der Waals surface area (Å²) in [4.78, 5) is 10.5. The number of aromatic amines is 1. The lowest BCUT2D eigenvalue weighted by molar-refractivity contribution is -0.0308. The average molecular weight is 334 g/mol. The first-order valence-corrected chi connectivity index (χ1v) is 8.65. The van der Waals surface area contributed by atoms with Crippen LogP contribution in [0.4, 0.5) is 0 Å². The van der Waals surface area contributed by atoms with Gasteiger partial charge in [0.2, 0.25) is 0 Å². The number of morpholine rings is 1. The Morgan fingerprint density at radius 2 is 2.22 bits per heavy atom. The van der Waals surface area contributed by atoms with Crippen molar-refractivity contribution >= 4 is 11.6 Å².